The first-order valence-electron chi connectivity index (χ1n) is 12.1. The molecule has 3 N–H and O–H groups in total. The molecule has 0 spiro atoms. The topological polar surface area (TPSA) is 138 Å². The summed E-state index contributed by atoms with van der Waals surface area (Å²) >= 11 is 0. The van der Waals surface area contributed by atoms with Gasteiger partial charge in [-0.05, 0) is 48.9 Å². The van der Waals surface area contributed by atoms with Gasteiger partial charge in [0.15, 0.2) is 0 Å². The van der Waals surface area contributed by atoms with E-state index >= 15 is 0 Å². The molecule has 1 atom stereocenters. The second kappa shape index (κ2) is 10.7. The molecule has 36 heavy (non-hydrogen) atoms. The van der Waals surface area contributed by atoms with Gasteiger partial charge in [0.1, 0.15) is 6.04 Å². The van der Waals surface area contributed by atoms with Crippen molar-refractivity contribution in [2.45, 2.75) is 51.5 Å². The van der Waals surface area contributed by atoms with E-state index < -0.39 is 29.7 Å². The number of carbonyl (C=O) groups is 5. The molecule has 1 aromatic heterocycles. The molecule has 3 heterocycles. The van der Waals surface area contributed by atoms with Gasteiger partial charge in [-0.1, -0.05) is 19.9 Å². The fraction of sp³-hybridized carbons (Fsp3) is 0.385. The second-order valence-corrected chi connectivity index (χ2v) is 9.23. The van der Waals surface area contributed by atoms with Crippen LogP contribution in [0.25, 0.3) is 0 Å². The number of unbranched alkanes of at least 4 members (excludes halogenated alkanes) is 1. The zero-order chi connectivity index (χ0) is 25.8. The standard InChI is InChI=1S/C26H29N5O5/c1-15(2)16-12-17(14-27-13-16)23(33)29-11-4-3-10-28-19-7-5-6-18-22(19)26(36)31(25(18)35)20-8-9-21(32)30-24(20)34/h5-7,12-15,20,28H,3-4,8-11H2,1-2H3,(H,29,33)(H,30,32,34). The Bertz CT molecular complexity index is 1220. The van der Waals surface area contributed by atoms with Crippen LogP contribution in [0.1, 0.15) is 82.1 Å². The van der Waals surface area contributed by atoms with Crippen LogP contribution in [0.5, 0.6) is 0 Å². The number of carbonyl (C=O) groups excluding carboxylic acids is 5. The van der Waals surface area contributed by atoms with E-state index in [9.17, 15) is 24.0 Å². The van der Waals surface area contributed by atoms with Gasteiger partial charge in [0.05, 0.1) is 16.7 Å². The van der Waals surface area contributed by atoms with Crippen molar-refractivity contribution in [1.82, 2.24) is 20.5 Å². The summed E-state index contributed by atoms with van der Waals surface area (Å²) in [5, 5.41) is 8.29. The summed E-state index contributed by atoms with van der Waals surface area (Å²) in [6, 6.07) is 5.81. The third-order valence-electron chi connectivity index (χ3n) is 6.36. The number of hydrogen-bond acceptors (Lipinski definition) is 7. The van der Waals surface area contributed by atoms with Crippen molar-refractivity contribution in [2.75, 3.05) is 18.4 Å². The maximum atomic E-state index is 13.1. The van der Waals surface area contributed by atoms with Crippen molar-refractivity contribution in [1.29, 1.82) is 0 Å². The Morgan fingerprint density at radius 1 is 1.11 bits per heavy atom. The summed E-state index contributed by atoms with van der Waals surface area (Å²) in [5.41, 5.74) is 2.52. The minimum Gasteiger partial charge on any atom is -0.384 e. The molecule has 1 saturated heterocycles. The molecule has 1 aromatic carbocycles. The maximum absolute atomic E-state index is 13.1. The molecule has 0 saturated carbocycles. The summed E-state index contributed by atoms with van der Waals surface area (Å²) in [7, 11) is 0. The van der Waals surface area contributed by atoms with Crippen LogP contribution in [0, 0.1) is 0 Å². The highest BCUT2D eigenvalue weighted by molar-refractivity contribution is 6.25. The predicted molar refractivity (Wildman–Crippen MR) is 131 cm³/mol. The molecule has 0 radical (unpaired) electrons. The van der Waals surface area contributed by atoms with E-state index in [-0.39, 0.29) is 35.8 Å². The third-order valence-corrected chi connectivity index (χ3v) is 6.36. The zero-order valence-corrected chi connectivity index (χ0v) is 20.3. The van der Waals surface area contributed by atoms with Crippen LogP contribution in [0.4, 0.5) is 5.69 Å². The van der Waals surface area contributed by atoms with Crippen LogP contribution in [-0.4, -0.2) is 58.6 Å². The third kappa shape index (κ3) is 5.12. The summed E-state index contributed by atoms with van der Waals surface area (Å²) < 4.78 is 0. The van der Waals surface area contributed by atoms with E-state index in [0.29, 0.717) is 37.2 Å². The molecule has 1 fully saturated rings. The summed E-state index contributed by atoms with van der Waals surface area (Å²) in [6.07, 6.45) is 4.92. The molecule has 4 rings (SSSR count). The zero-order valence-electron chi connectivity index (χ0n) is 20.3. The van der Waals surface area contributed by atoms with Gasteiger partial charge in [0.2, 0.25) is 11.8 Å². The molecule has 2 aliphatic heterocycles. The lowest BCUT2D eigenvalue weighted by Gasteiger charge is -2.27. The quantitative estimate of drug-likeness (QED) is 0.361. The molecule has 0 bridgehead atoms. The first kappa shape index (κ1) is 25.0. The molecule has 0 aliphatic carbocycles. The average Bonchev–Trinajstić information content (AvgIpc) is 3.11. The number of nitrogens with one attached hydrogen (secondary N) is 3. The molecule has 10 nitrogen and oxygen atoms in total. The fourth-order valence-corrected chi connectivity index (χ4v) is 4.34. The largest absolute Gasteiger partial charge is 0.384 e. The number of piperidine rings is 1. The van der Waals surface area contributed by atoms with Crippen LogP contribution in [0.3, 0.4) is 0 Å². The number of pyridine rings is 1. The van der Waals surface area contributed by atoms with Crippen molar-refractivity contribution < 1.29 is 24.0 Å². The van der Waals surface area contributed by atoms with Crippen LogP contribution < -0.4 is 16.0 Å². The Balaban J connectivity index is 1.29. The van der Waals surface area contributed by atoms with Gasteiger partial charge in [0.25, 0.3) is 17.7 Å². The van der Waals surface area contributed by atoms with Gasteiger partial charge in [0, 0.05) is 37.6 Å². The lowest BCUT2D eigenvalue weighted by Crippen LogP contribution is -2.54. The molecular weight excluding hydrogens is 462 g/mol. The minimum atomic E-state index is -0.997. The van der Waals surface area contributed by atoms with Crippen molar-refractivity contribution in [3.8, 4) is 0 Å². The summed E-state index contributed by atoms with van der Waals surface area (Å²) in [4.78, 5) is 67.2. The van der Waals surface area contributed by atoms with Crippen LogP contribution in [0.2, 0.25) is 0 Å². The van der Waals surface area contributed by atoms with Crippen molar-refractivity contribution in [3.63, 3.8) is 0 Å². The van der Waals surface area contributed by atoms with Crippen LogP contribution in [-0.2, 0) is 9.59 Å². The van der Waals surface area contributed by atoms with Crippen LogP contribution in [0.15, 0.2) is 36.7 Å². The Kier molecular flexibility index (Phi) is 7.42. The van der Waals surface area contributed by atoms with E-state index in [2.05, 4.69) is 20.9 Å². The van der Waals surface area contributed by atoms with Gasteiger partial charge < -0.3 is 10.6 Å². The van der Waals surface area contributed by atoms with Gasteiger partial charge >= 0.3 is 0 Å². The summed E-state index contributed by atoms with van der Waals surface area (Å²) in [6.45, 7) is 5.10. The molecular formula is C26H29N5O5. The molecule has 1 unspecified atom stereocenters. The van der Waals surface area contributed by atoms with Gasteiger partial charge in [-0.2, -0.15) is 0 Å². The molecule has 2 aliphatic rings. The first-order chi connectivity index (χ1) is 17.3. The SMILES string of the molecule is CC(C)c1cncc(C(=O)NCCCCNc2cccc3c2C(=O)N(C2CCC(=O)NC2=O)C3=O)c1. The number of fused-ring (bicyclic) bond motifs is 1. The maximum Gasteiger partial charge on any atom is 0.264 e. The molecule has 5 amide bonds. The highest BCUT2D eigenvalue weighted by Gasteiger charge is 2.45. The van der Waals surface area contributed by atoms with Gasteiger partial charge in [-0.25, -0.2) is 0 Å². The minimum absolute atomic E-state index is 0.0745. The highest BCUT2D eigenvalue weighted by Crippen LogP contribution is 2.32. The van der Waals surface area contributed by atoms with Crippen molar-refractivity contribution in [3.05, 3.63) is 58.9 Å². The van der Waals surface area contributed by atoms with E-state index in [0.717, 1.165) is 10.5 Å². The molecule has 188 valence electrons. The fourth-order valence-electron chi connectivity index (χ4n) is 4.34. The number of imide groups is 2. The number of aromatic nitrogens is 1. The number of hydrogen-bond donors (Lipinski definition) is 3. The van der Waals surface area contributed by atoms with E-state index in [4.69, 9.17) is 0 Å². The van der Waals surface area contributed by atoms with E-state index in [1.54, 1.807) is 30.6 Å². The lowest BCUT2D eigenvalue weighted by atomic mass is 10.0. The Labute approximate surface area is 208 Å². The lowest BCUT2D eigenvalue weighted by molar-refractivity contribution is -0.136. The van der Waals surface area contributed by atoms with Crippen LogP contribution >= 0.6 is 0 Å². The number of benzene rings is 1. The van der Waals surface area contributed by atoms with Crippen molar-refractivity contribution in [2.24, 2.45) is 0 Å². The second-order valence-electron chi connectivity index (χ2n) is 9.23. The Morgan fingerprint density at radius 3 is 2.64 bits per heavy atom. The molecule has 10 heteroatoms. The Hall–Kier alpha value is -4.08. The monoisotopic (exact) mass is 491 g/mol. The smallest absolute Gasteiger partial charge is 0.264 e. The number of anilines is 1. The number of amides is 5. The number of rotatable bonds is 9. The van der Waals surface area contributed by atoms with Gasteiger partial charge in [-0.15, -0.1) is 0 Å². The predicted octanol–water partition coefficient (Wildman–Crippen LogP) is 2.23. The molecule has 2 aromatic rings. The highest BCUT2D eigenvalue weighted by atomic mass is 16.2. The van der Waals surface area contributed by atoms with E-state index in [1.165, 1.54) is 0 Å². The van der Waals surface area contributed by atoms with Gasteiger partial charge in [-0.3, -0.25) is 39.2 Å². The van der Waals surface area contributed by atoms with E-state index in [1.807, 2.05) is 19.9 Å². The average molecular weight is 492 g/mol. The normalized spacial score (nSPS) is 17.3. The summed E-state index contributed by atoms with van der Waals surface area (Å²) in [5.74, 6) is -2.01. The number of nitrogens with zero attached hydrogens (tertiary/aromatic N) is 2. The Morgan fingerprint density at radius 2 is 1.89 bits per heavy atom. The van der Waals surface area contributed by atoms with Crippen molar-refractivity contribution >= 4 is 35.2 Å². The first-order valence-corrected chi connectivity index (χ1v) is 12.1.